The minimum Gasteiger partial charge on any atom is -0.496 e. The molecule has 1 amide bonds. The SMILES string of the molecule is COC[C@@H]1[C@@H](NC(=O)c2cc3c(cc2OC)CCC3)[C@@H]2CCO[C@H]12. The van der Waals surface area contributed by atoms with Crippen molar-refractivity contribution in [1.82, 2.24) is 5.32 Å². The van der Waals surface area contributed by atoms with Crippen molar-refractivity contribution in [1.29, 1.82) is 0 Å². The number of fused-ring (bicyclic) bond motifs is 2. The molecule has 3 aliphatic rings. The van der Waals surface area contributed by atoms with E-state index in [9.17, 15) is 4.79 Å². The summed E-state index contributed by atoms with van der Waals surface area (Å²) < 4.78 is 16.6. The largest absolute Gasteiger partial charge is 0.496 e. The molecule has 5 heteroatoms. The minimum atomic E-state index is -0.0435. The molecule has 1 aliphatic heterocycles. The molecule has 2 fully saturated rings. The summed E-state index contributed by atoms with van der Waals surface area (Å²) >= 11 is 0. The van der Waals surface area contributed by atoms with Crippen LogP contribution in [0.2, 0.25) is 0 Å². The molecule has 130 valence electrons. The van der Waals surface area contributed by atoms with Crippen molar-refractivity contribution in [3.63, 3.8) is 0 Å². The van der Waals surface area contributed by atoms with Gasteiger partial charge in [0.05, 0.1) is 25.4 Å². The van der Waals surface area contributed by atoms with Crippen LogP contribution in [0.3, 0.4) is 0 Å². The Hall–Kier alpha value is -1.59. The van der Waals surface area contributed by atoms with Gasteiger partial charge in [-0.15, -0.1) is 0 Å². The van der Waals surface area contributed by atoms with E-state index in [2.05, 4.69) is 5.32 Å². The smallest absolute Gasteiger partial charge is 0.255 e. The molecule has 4 atom stereocenters. The zero-order valence-corrected chi connectivity index (χ0v) is 14.3. The Morgan fingerprint density at radius 1 is 1.29 bits per heavy atom. The number of ether oxygens (including phenoxy) is 3. The lowest BCUT2D eigenvalue weighted by Crippen LogP contribution is -2.62. The third-order valence-corrected chi connectivity index (χ3v) is 5.84. The zero-order chi connectivity index (χ0) is 16.7. The van der Waals surface area contributed by atoms with Crippen LogP contribution in [0.25, 0.3) is 0 Å². The molecule has 0 aromatic heterocycles. The fraction of sp³-hybridized carbons (Fsp3) is 0.632. The van der Waals surface area contributed by atoms with Crippen LogP contribution in [0.4, 0.5) is 0 Å². The Morgan fingerprint density at radius 3 is 2.83 bits per heavy atom. The number of nitrogens with one attached hydrogen (secondary N) is 1. The number of carbonyl (C=O) groups is 1. The number of benzene rings is 1. The van der Waals surface area contributed by atoms with Crippen molar-refractivity contribution in [2.75, 3.05) is 27.4 Å². The molecule has 1 aromatic carbocycles. The molecule has 1 aromatic rings. The quantitative estimate of drug-likeness (QED) is 0.896. The average Bonchev–Trinajstić information content (AvgIpc) is 3.22. The summed E-state index contributed by atoms with van der Waals surface area (Å²) in [6.45, 7) is 1.40. The monoisotopic (exact) mass is 331 g/mol. The topological polar surface area (TPSA) is 56.8 Å². The number of methoxy groups -OCH3 is 2. The van der Waals surface area contributed by atoms with Gasteiger partial charge < -0.3 is 19.5 Å². The van der Waals surface area contributed by atoms with Gasteiger partial charge in [-0.3, -0.25) is 4.79 Å². The number of aryl methyl sites for hydroxylation is 2. The molecule has 0 unspecified atom stereocenters. The Kier molecular flexibility index (Phi) is 4.22. The zero-order valence-electron chi connectivity index (χ0n) is 14.3. The van der Waals surface area contributed by atoms with Crippen LogP contribution in [0.15, 0.2) is 12.1 Å². The van der Waals surface area contributed by atoms with Crippen molar-refractivity contribution >= 4 is 5.91 Å². The highest BCUT2D eigenvalue weighted by molar-refractivity contribution is 5.97. The van der Waals surface area contributed by atoms with Gasteiger partial charge in [0.25, 0.3) is 5.91 Å². The number of rotatable bonds is 5. The maximum Gasteiger partial charge on any atom is 0.255 e. The van der Waals surface area contributed by atoms with Crippen molar-refractivity contribution < 1.29 is 19.0 Å². The van der Waals surface area contributed by atoms with Crippen LogP contribution >= 0.6 is 0 Å². The van der Waals surface area contributed by atoms with Crippen molar-refractivity contribution in [3.8, 4) is 5.75 Å². The summed E-state index contributed by atoms with van der Waals surface area (Å²) in [5, 5.41) is 3.23. The van der Waals surface area contributed by atoms with E-state index in [1.165, 1.54) is 11.1 Å². The fourth-order valence-corrected chi connectivity index (χ4v) is 4.61. The van der Waals surface area contributed by atoms with E-state index in [-0.39, 0.29) is 24.0 Å². The van der Waals surface area contributed by atoms with Crippen LogP contribution in [-0.4, -0.2) is 45.5 Å². The first-order valence-corrected chi connectivity index (χ1v) is 8.84. The molecule has 0 bridgehead atoms. The highest BCUT2D eigenvalue weighted by Crippen LogP contribution is 2.44. The molecule has 24 heavy (non-hydrogen) atoms. The van der Waals surface area contributed by atoms with Crippen molar-refractivity contribution in [3.05, 3.63) is 28.8 Å². The highest BCUT2D eigenvalue weighted by atomic mass is 16.5. The Morgan fingerprint density at radius 2 is 2.08 bits per heavy atom. The van der Waals surface area contributed by atoms with Crippen LogP contribution in [0.1, 0.15) is 34.3 Å². The van der Waals surface area contributed by atoms with Crippen molar-refractivity contribution in [2.24, 2.45) is 11.8 Å². The number of hydrogen-bond donors (Lipinski definition) is 1. The number of amides is 1. The first kappa shape index (κ1) is 15.9. The summed E-state index contributed by atoms with van der Waals surface area (Å²) in [7, 11) is 3.33. The van der Waals surface area contributed by atoms with Gasteiger partial charge in [0.2, 0.25) is 0 Å². The Balaban J connectivity index is 1.54. The maximum absolute atomic E-state index is 12.9. The van der Waals surface area contributed by atoms with E-state index >= 15 is 0 Å². The summed E-state index contributed by atoms with van der Waals surface area (Å²) in [4.78, 5) is 12.9. The molecule has 1 N–H and O–H groups in total. The molecular formula is C19H25NO4. The molecule has 0 radical (unpaired) electrons. The highest BCUT2D eigenvalue weighted by Gasteiger charge is 2.54. The molecular weight excluding hydrogens is 306 g/mol. The lowest BCUT2D eigenvalue weighted by Gasteiger charge is -2.47. The first-order valence-electron chi connectivity index (χ1n) is 8.84. The maximum atomic E-state index is 12.9. The summed E-state index contributed by atoms with van der Waals surface area (Å²) in [6, 6.07) is 4.18. The standard InChI is InChI=1S/C19H25NO4/c1-22-10-15-17(13-6-7-24-18(13)15)20-19(21)14-8-11-4-3-5-12(11)9-16(14)23-2/h8-9,13,15,17-18H,3-7,10H2,1-2H3,(H,20,21)/t13-,15+,17-,18-/m0/s1. The molecule has 1 saturated carbocycles. The molecule has 4 rings (SSSR count). The van der Waals surface area contributed by atoms with Crippen LogP contribution in [0.5, 0.6) is 5.75 Å². The first-order chi connectivity index (χ1) is 11.7. The van der Waals surface area contributed by atoms with Gasteiger partial charge in [-0.1, -0.05) is 0 Å². The normalized spacial score (nSPS) is 30.4. The Bertz CT molecular complexity index is 644. The van der Waals surface area contributed by atoms with Gasteiger partial charge in [-0.25, -0.2) is 0 Å². The molecule has 1 saturated heterocycles. The Labute approximate surface area is 142 Å². The van der Waals surface area contributed by atoms with E-state index in [0.29, 0.717) is 23.8 Å². The van der Waals surface area contributed by atoms with Crippen LogP contribution < -0.4 is 10.1 Å². The van der Waals surface area contributed by atoms with E-state index in [4.69, 9.17) is 14.2 Å². The summed E-state index contributed by atoms with van der Waals surface area (Å²) in [5.41, 5.74) is 3.25. The second-order valence-electron chi connectivity index (χ2n) is 7.08. The second kappa shape index (κ2) is 6.37. The van der Waals surface area contributed by atoms with Gasteiger partial charge in [0.15, 0.2) is 0 Å². The number of carbonyl (C=O) groups excluding carboxylic acids is 1. The van der Waals surface area contributed by atoms with Crippen LogP contribution in [-0.2, 0) is 22.3 Å². The van der Waals surface area contributed by atoms with E-state index in [0.717, 1.165) is 32.3 Å². The summed E-state index contributed by atoms with van der Waals surface area (Å²) in [5.74, 6) is 1.29. The second-order valence-corrected chi connectivity index (χ2v) is 7.08. The van der Waals surface area contributed by atoms with Gasteiger partial charge in [-0.2, -0.15) is 0 Å². The molecule has 5 nitrogen and oxygen atoms in total. The van der Waals surface area contributed by atoms with Gasteiger partial charge >= 0.3 is 0 Å². The van der Waals surface area contributed by atoms with Crippen LogP contribution in [0, 0.1) is 11.8 Å². The minimum absolute atomic E-state index is 0.0435. The van der Waals surface area contributed by atoms with Crippen molar-refractivity contribution in [2.45, 2.75) is 37.8 Å². The number of hydrogen-bond acceptors (Lipinski definition) is 4. The van der Waals surface area contributed by atoms with E-state index in [1.54, 1.807) is 14.2 Å². The van der Waals surface area contributed by atoms with Gasteiger partial charge in [0.1, 0.15) is 5.75 Å². The lowest BCUT2D eigenvalue weighted by atomic mass is 9.67. The van der Waals surface area contributed by atoms with E-state index < -0.39 is 0 Å². The predicted octanol–water partition coefficient (Wildman–Crippen LogP) is 1.96. The van der Waals surface area contributed by atoms with Gasteiger partial charge in [0, 0.05) is 31.6 Å². The molecule has 2 aliphatic carbocycles. The lowest BCUT2D eigenvalue weighted by molar-refractivity contribution is -0.0809. The third kappa shape index (κ3) is 2.50. The molecule has 0 spiro atoms. The van der Waals surface area contributed by atoms with Gasteiger partial charge in [-0.05, 0) is 48.9 Å². The summed E-state index contributed by atoms with van der Waals surface area (Å²) in [6.07, 6.45) is 4.53. The third-order valence-electron chi connectivity index (χ3n) is 5.84. The van der Waals surface area contributed by atoms with E-state index in [1.807, 2.05) is 12.1 Å². The fourth-order valence-electron chi connectivity index (χ4n) is 4.61. The predicted molar refractivity (Wildman–Crippen MR) is 89.5 cm³/mol. The molecule has 1 heterocycles. The average molecular weight is 331 g/mol.